The highest BCUT2D eigenvalue weighted by atomic mass is 35.5. The summed E-state index contributed by atoms with van der Waals surface area (Å²) in [6.07, 6.45) is 4.59. The third-order valence-corrected chi connectivity index (χ3v) is 7.05. The Morgan fingerprint density at radius 3 is 2.67 bits per heavy atom. The van der Waals surface area contributed by atoms with Gasteiger partial charge in [-0.1, -0.05) is 41.9 Å². The predicted octanol–water partition coefficient (Wildman–Crippen LogP) is 3.44. The maximum absolute atomic E-state index is 13.5. The lowest BCUT2D eigenvalue weighted by atomic mass is 9.89. The van der Waals surface area contributed by atoms with Crippen molar-refractivity contribution >= 4 is 29.0 Å². The lowest BCUT2D eigenvalue weighted by molar-refractivity contribution is -0.140. The molecule has 30 heavy (non-hydrogen) atoms. The highest BCUT2D eigenvalue weighted by Gasteiger charge is 2.58. The monoisotopic (exact) mass is 423 g/mol. The van der Waals surface area contributed by atoms with Gasteiger partial charge in [0.15, 0.2) is 11.2 Å². The summed E-state index contributed by atoms with van der Waals surface area (Å²) in [7, 11) is 0. The van der Waals surface area contributed by atoms with Crippen LogP contribution in [0.1, 0.15) is 37.3 Å². The van der Waals surface area contributed by atoms with Gasteiger partial charge in [-0.3, -0.25) is 4.79 Å². The van der Waals surface area contributed by atoms with Gasteiger partial charge in [-0.15, -0.1) is 0 Å². The number of halogens is 1. The van der Waals surface area contributed by atoms with Gasteiger partial charge in [0.2, 0.25) is 0 Å². The molecular weight excluding hydrogens is 402 g/mol. The molecule has 6 rings (SSSR count). The van der Waals surface area contributed by atoms with E-state index in [1.54, 1.807) is 4.52 Å². The minimum Gasteiger partial charge on any atom is -0.356 e. The summed E-state index contributed by atoms with van der Waals surface area (Å²) < 4.78 is 8.21. The number of aromatic nitrogens is 3. The average Bonchev–Trinajstić information content (AvgIpc) is 3.48. The molecule has 3 fully saturated rings. The molecule has 3 aliphatic rings. The van der Waals surface area contributed by atoms with Gasteiger partial charge in [-0.05, 0) is 30.5 Å². The Balaban J connectivity index is 1.23. The standard InChI is InChI=1S/C22H22ClN5O2/c23-16-6-8-18(28-20(16)24-14-25-28)26-12-10-22(11-13-26)21(29)27-17(7-9-19(27)30-22)15-4-2-1-3-5-15/h1-6,8,14,17,19H,7,9-13H2/t17-,19+/m0/s1. The third-order valence-electron chi connectivity index (χ3n) is 6.76. The minimum atomic E-state index is -0.706. The van der Waals surface area contributed by atoms with Crippen molar-refractivity contribution in [2.24, 2.45) is 0 Å². The van der Waals surface area contributed by atoms with E-state index in [4.69, 9.17) is 16.3 Å². The fourth-order valence-corrected chi connectivity index (χ4v) is 5.44. The summed E-state index contributed by atoms with van der Waals surface area (Å²) in [5.41, 5.74) is 1.14. The van der Waals surface area contributed by atoms with Crippen LogP contribution in [0.4, 0.5) is 5.82 Å². The normalized spacial score (nSPS) is 25.4. The first-order valence-corrected chi connectivity index (χ1v) is 10.8. The molecule has 2 aromatic heterocycles. The van der Waals surface area contributed by atoms with Crippen molar-refractivity contribution in [3.8, 4) is 0 Å². The van der Waals surface area contributed by atoms with Crippen LogP contribution in [-0.2, 0) is 9.53 Å². The highest BCUT2D eigenvalue weighted by molar-refractivity contribution is 6.33. The van der Waals surface area contributed by atoms with Crippen molar-refractivity contribution in [2.75, 3.05) is 18.0 Å². The zero-order chi connectivity index (χ0) is 20.3. The first-order valence-electron chi connectivity index (χ1n) is 10.4. The van der Waals surface area contributed by atoms with Crippen molar-refractivity contribution in [1.82, 2.24) is 19.5 Å². The second-order valence-corrected chi connectivity index (χ2v) is 8.71. The molecule has 1 aromatic carbocycles. The van der Waals surface area contributed by atoms with Crippen molar-refractivity contribution in [2.45, 2.75) is 43.6 Å². The lowest BCUT2D eigenvalue weighted by Crippen LogP contribution is -2.50. The van der Waals surface area contributed by atoms with Gasteiger partial charge in [0.05, 0.1) is 11.1 Å². The first-order chi connectivity index (χ1) is 14.7. The average molecular weight is 424 g/mol. The van der Waals surface area contributed by atoms with Crippen LogP contribution in [0.2, 0.25) is 5.02 Å². The number of pyridine rings is 1. The van der Waals surface area contributed by atoms with Gasteiger partial charge in [0.25, 0.3) is 5.91 Å². The van der Waals surface area contributed by atoms with Crippen molar-refractivity contribution in [3.63, 3.8) is 0 Å². The van der Waals surface area contributed by atoms with Crippen LogP contribution in [0.15, 0.2) is 48.8 Å². The van der Waals surface area contributed by atoms with Crippen LogP contribution in [-0.4, -0.2) is 50.3 Å². The summed E-state index contributed by atoms with van der Waals surface area (Å²) in [5, 5.41) is 4.90. The van der Waals surface area contributed by atoms with Crippen molar-refractivity contribution in [3.05, 3.63) is 59.4 Å². The van der Waals surface area contributed by atoms with Gasteiger partial charge in [0, 0.05) is 25.9 Å². The second kappa shape index (κ2) is 6.68. The minimum absolute atomic E-state index is 0.105. The number of piperidine rings is 1. The molecule has 1 amide bonds. The van der Waals surface area contributed by atoms with Gasteiger partial charge in [0.1, 0.15) is 18.4 Å². The molecule has 0 N–H and O–H groups in total. The molecule has 0 unspecified atom stereocenters. The Bertz CT molecular complexity index is 1110. The Kier molecular flexibility index (Phi) is 4.05. The van der Waals surface area contributed by atoms with E-state index in [9.17, 15) is 4.79 Å². The molecule has 7 nitrogen and oxygen atoms in total. The van der Waals surface area contributed by atoms with Crippen LogP contribution in [0.5, 0.6) is 0 Å². The topological polar surface area (TPSA) is 63.0 Å². The van der Waals surface area contributed by atoms with E-state index in [1.807, 2.05) is 35.2 Å². The van der Waals surface area contributed by atoms with Crippen LogP contribution < -0.4 is 4.90 Å². The Labute approximate surface area is 179 Å². The fourth-order valence-electron chi connectivity index (χ4n) is 5.25. The number of anilines is 1. The molecule has 8 heteroatoms. The van der Waals surface area contributed by atoms with E-state index in [0.29, 0.717) is 23.5 Å². The van der Waals surface area contributed by atoms with E-state index in [1.165, 1.54) is 11.9 Å². The first kappa shape index (κ1) is 18.2. The Hall–Kier alpha value is -2.64. The molecule has 0 radical (unpaired) electrons. The van der Waals surface area contributed by atoms with Gasteiger partial charge in [-0.2, -0.15) is 9.61 Å². The lowest BCUT2D eigenvalue weighted by Gasteiger charge is -2.38. The number of benzene rings is 1. The van der Waals surface area contributed by atoms with Gasteiger partial charge >= 0.3 is 0 Å². The smallest absolute Gasteiger partial charge is 0.257 e. The quantitative estimate of drug-likeness (QED) is 0.631. The molecular formula is C22H22ClN5O2. The number of fused-ring (bicyclic) bond motifs is 2. The largest absolute Gasteiger partial charge is 0.356 e. The molecule has 2 atom stereocenters. The molecule has 0 aliphatic carbocycles. The number of hydrogen-bond donors (Lipinski definition) is 0. The third kappa shape index (κ3) is 2.58. The number of nitrogens with zero attached hydrogens (tertiary/aromatic N) is 5. The summed E-state index contributed by atoms with van der Waals surface area (Å²) in [5.74, 6) is 1.09. The van der Waals surface area contributed by atoms with E-state index in [0.717, 1.165) is 31.7 Å². The number of carbonyl (C=O) groups excluding carboxylic acids is 1. The van der Waals surface area contributed by atoms with Crippen LogP contribution in [0.3, 0.4) is 0 Å². The Morgan fingerprint density at radius 1 is 1.07 bits per heavy atom. The Morgan fingerprint density at radius 2 is 1.87 bits per heavy atom. The van der Waals surface area contributed by atoms with Gasteiger partial charge in [-0.25, -0.2) is 4.98 Å². The molecule has 3 aliphatic heterocycles. The molecule has 3 saturated heterocycles. The number of hydrogen-bond acceptors (Lipinski definition) is 5. The highest BCUT2D eigenvalue weighted by Crippen LogP contribution is 2.47. The fraction of sp³-hybridized carbons (Fsp3) is 0.409. The zero-order valence-electron chi connectivity index (χ0n) is 16.4. The molecule has 3 aromatic rings. The molecule has 1 spiro atoms. The van der Waals surface area contributed by atoms with E-state index >= 15 is 0 Å². The number of ether oxygens (including phenoxy) is 1. The van der Waals surface area contributed by atoms with Crippen LogP contribution in [0.25, 0.3) is 5.65 Å². The maximum Gasteiger partial charge on any atom is 0.257 e. The second-order valence-electron chi connectivity index (χ2n) is 8.31. The van der Waals surface area contributed by atoms with E-state index in [-0.39, 0.29) is 18.2 Å². The number of amides is 1. The summed E-state index contributed by atoms with van der Waals surface area (Å²) in [6.45, 7) is 1.44. The van der Waals surface area contributed by atoms with Gasteiger partial charge < -0.3 is 14.5 Å². The van der Waals surface area contributed by atoms with Crippen LogP contribution in [0, 0.1) is 0 Å². The molecule has 154 valence electrons. The number of carbonyl (C=O) groups is 1. The number of rotatable bonds is 2. The SMILES string of the molecule is O=C1N2[C@@H](CC[C@H]2c2ccccc2)OC12CCN(c1ccc(Cl)c3ncnn13)CC2. The van der Waals surface area contributed by atoms with E-state index in [2.05, 4.69) is 27.1 Å². The van der Waals surface area contributed by atoms with E-state index < -0.39 is 5.60 Å². The zero-order valence-corrected chi connectivity index (χ0v) is 17.2. The maximum atomic E-state index is 13.5. The van der Waals surface area contributed by atoms with Crippen molar-refractivity contribution < 1.29 is 9.53 Å². The summed E-state index contributed by atoms with van der Waals surface area (Å²) in [4.78, 5) is 22.0. The molecule has 0 saturated carbocycles. The predicted molar refractivity (Wildman–Crippen MR) is 112 cm³/mol. The summed E-state index contributed by atoms with van der Waals surface area (Å²) in [6, 6.07) is 14.2. The molecule has 5 heterocycles. The van der Waals surface area contributed by atoms with Crippen LogP contribution >= 0.6 is 11.6 Å². The van der Waals surface area contributed by atoms with Crippen molar-refractivity contribution in [1.29, 1.82) is 0 Å². The summed E-state index contributed by atoms with van der Waals surface area (Å²) >= 11 is 6.23. The molecule has 0 bridgehead atoms.